The summed E-state index contributed by atoms with van der Waals surface area (Å²) in [5.41, 5.74) is 0. The summed E-state index contributed by atoms with van der Waals surface area (Å²) in [4.78, 5) is 15.1. The Balaban J connectivity index is 2.34. The van der Waals surface area contributed by atoms with Crippen LogP contribution in [0.5, 0.6) is 0 Å². The average Bonchev–Trinajstić information content (AvgIpc) is 2.22. The molecule has 0 radical (unpaired) electrons. The van der Waals surface area contributed by atoms with E-state index >= 15 is 0 Å². The molecule has 0 atom stereocenters. The van der Waals surface area contributed by atoms with E-state index in [0.717, 1.165) is 4.47 Å². The van der Waals surface area contributed by atoms with Gasteiger partial charge in [0.25, 0.3) is 0 Å². The lowest BCUT2D eigenvalue weighted by Gasteiger charge is -2.05. The number of nitrogens with zero attached hydrogens (tertiary/aromatic N) is 1. The molecule has 15 heavy (non-hydrogen) atoms. The third-order valence-electron chi connectivity index (χ3n) is 1.48. The molecule has 0 bridgehead atoms. The SMILES string of the molecule is COCCOC(=O)Nc1ccc(Br)cn1. The van der Waals surface area contributed by atoms with Crippen LogP contribution in [0.3, 0.4) is 0 Å². The molecule has 1 aromatic rings. The number of carbonyl (C=O) groups excluding carboxylic acids is 1. The molecule has 0 aromatic carbocycles. The first kappa shape index (κ1) is 11.9. The van der Waals surface area contributed by atoms with Gasteiger partial charge in [-0.25, -0.2) is 9.78 Å². The molecule has 1 heterocycles. The summed E-state index contributed by atoms with van der Waals surface area (Å²) < 4.78 is 10.4. The van der Waals surface area contributed by atoms with Crippen LogP contribution < -0.4 is 5.32 Å². The molecule has 0 aliphatic heterocycles. The Morgan fingerprint density at radius 1 is 1.53 bits per heavy atom. The second-order valence-electron chi connectivity index (χ2n) is 2.62. The molecule has 0 saturated carbocycles. The van der Waals surface area contributed by atoms with Crippen molar-refractivity contribution in [2.24, 2.45) is 0 Å². The Hall–Kier alpha value is -1.14. The smallest absolute Gasteiger partial charge is 0.412 e. The topological polar surface area (TPSA) is 60.5 Å². The quantitative estimate of drug-likeness (QED) is 0.854. The third-order valence-corrected chi connectivity index (χ3v) is 1.95. The van der Waals surface area contributed by atoms with Gasteiger partial charge >= 0.3 is 6.09 Å². The fourth-order valence-electron chi connectivity index (χ4n) is 0.808. The molecule has 0 unspecified atom stereocenters. The monoisotopic (exact) mass is 274 g/mol. The zero-order chi connectivity index (χ0) is 11.1. The van der Waals surface area contributed by atoms with Crippen LogP contribution in [0.15, 0.2) is 22.8 Å². The van der Waals surface area contributed by atoms with Gasteiger partial charge in [0, 0.05) is 17.8 Å². The van der Waals surface area contributed by atoms with Gasteiger partial charge < -0.3 is 9.47 Å². The highest BCUT2D eigenvalue weighted by atomic mass is 79.9. The zero-order valence-corrected chi connectivity index (χ0v) is 9.78. The summed E-state index contributed by atoms with van der Waals surface area (Å²) in [6, 6.07) is 3.44. The minimum atomic E-state index is -0.540. The molecular weight excluding hydrogens is 264 g/mol. The maximum atomic E-state index is 11.1. The summed E-state index contributed by atoms with van der Waals surface area (Å²) in [6.45, 7) is 0.597. The molecule has 0 saturated heterocycles. The summed E-state index contributed by atoms with van der Waals surface area (Å²) in [5, 5.41) is 2.48. The highest BCUT2D eigenvalue weighted by Crippen LogP contribution is 2.10. The van der Waals surface area contributed by atoms with Crippen LogP contribution in [-0.2, 0) is 9.47 Å². The predicted octanol–water partition coefficient (Wildman–Crippen LogP) is 2.04. The number of hydrogen-bond donors (Lipinski definition) is 1. The molecule has 0 aliphatic rings. The van der Waals surface area contributed by atoms with E-state index in [4.69, 9.17) is 9.47 Å². The highest BCUT2D eigenvalue weighted by Gasteiger charge is 2.02. The van der Waals surface area contributed by atoms with Crippen molar-refractivity contribution in [2.75, 3.05) is 25.6 Å². The number of anilines is 1. The highest BCUT2D eigenvalue weighted by molar-refractivity contribution is 9.10. The van der Waals surface area contributed by atoms with Crippen LogP contribution >= 0.6 is 15.9 Å². The number of amides is 1. The van der Waals surface area contributed by atoms with Crippen molar-refractivity contribution in [3.63, 3.8) is 0 Å². The van der Waals surface area contributed by atoms with Crippen molar-refractivity contribution in [2.45, 2.75) is 0 Å². The van der Waals surface area contributed by atoms with Gasteiger partial charge in [-0.2, -0.15) is 0 Å². The van der Waals surface area contributed by atoms with Gasteiger partial charge in [-0.3, -0.25) is 5.32 Å². The first-order valence-corrected chi connectivity index (χ1v) is 5.06. The van der Waals surface area contributed by atoms with Gasteiger partial charge in [-0.15, -0.1) is 0 Å². The third kappa shape index (κ3) is 4.75. The van der Waals surface area contributed by atoms with E-state index in [1.54, 1.807) is 18.3 Å². The molecule has 1 rings (SSSR count). The van der Waals surface area contributed by atoms with Gasteiger partial charge in [-0.1, -0.05) is 0 Å². The largest absolute Gasteiger partial charge is 0.447 e. The molecule has 1 aromatic heterocycles. The number of hydrogen-bond acceptors (Lipinski definition) is 4. The number of ether oxygens (including phenoxy) is 2. The minimum absolute atomic E-state index is 0.221. The van der Waals surface area contributed by atoms with Gasteiger partial charge in [0.2, 0.25) is 0 Å². The van der Waals surface area contributed by atoms with Gasteiger partial charge in [0.15, 0.2) is 0 Å². The first-order valence-electron chi connectivity index (χ1n) is 4.26. The van der Waals surface area contributed by atoms with E-state index in [1.165, 1.54) is 7.11 Å². The van der Waals surface area contributed by atoms with Crippen molar-refractivity contribution in [3.8, 4) is 0 Å². The molecular formula is C9H11BrN2O3. The van der Waals surface area contributed by atoms with Gasteiger partial charge in [-0.05, 0) is 28.1 Å². The fraction of sp³-hybridized carbons (Fsp3) is 0.333. The Morgan fingerprint density at radius 3 is 2.93 bits per heavy atom. The maximum Gasteiger partial charge on any atom is 0.412 e. The summed E-state index contributed by atoms with van der Waals surface area (Å²) in [6.07, 6.45) is 1.05. The van der Waals surface area contributed by atoms with E-state index in [1.807, 2.05) is 0 Å². The number of halogens is 1. The lowest BCUT2D eigenvalue weighted by Crippen LogP contribution is -2.16. The number of aromatic nitrogens is 1. The van der Waals surface area contributed by atoms with Crippen LogP contribution in [0.4, 0.5) is 10.6 Å². The predicted molar refractivity (Wildman–Crippen MR) is 58.8 cm³/mol. The normalized spacial score (nSPS) is 9.73. The fourth-order valence-corrected chi connectivity index (χ4v) is 1.04. The molecule has 0 spiro atoms. The average molecular weight is 275 g/mol. The van der Waals surface area contributed by atoms with E-state index < -0.39 is 6.09 Å². The Labute approximate surface area is 95.9 Å². The lowest BCUT2D eigenvalue weighted by atomic mass is 10.5. The summed E-state index contributed by atoms with van der Waals surface area (Å²) in [5.74, 6) is 0.445. The Morgan fingerprint density at radius 2 is 2.33 bits per heavy atom. The molecule has 0 aliphatic carbocycles. The summed E-state index contributed by atoms with van der Waals surface area (Å²) >= 11 is 3.24. The second kappa shape index (κ2) is 6.36. The molecule has 0 fully saturated rings. The van der Waals surface area contributed by atoms with Crippen molar-refractivity contribution in [1.82, 2.24) is 4.98 Å². The standard InChI is InChI=1S/C9H11BrN2O3/c1-14-4-5-15-9(13)12-8-3-2-7(10)6-11-8/h2-3,6H,4-5H2,1H3,(H,11,12,13). The van der Waals surface area contributed by atoms with Crippen molar-refractivity contribution in [1.29, 1.82) is 0 Å². The lowest BCUT2D eigenvalue weighted by molar-refractivity contribution is 0.107. The first-order chi connectivity index (χ1) is 7.22. The Kier molecular flexibility index (Phi) is 5.06. The van der Waals surface area contributed by atoms with Crippen molar-refractivity contribution >= 4 is 27.8 Å². The van der Waals surface area contributed by atoms with Gasteiger partial charge in [0.05, 0.1) is 6.61 Å². The molecule has 82 valence electrons. The maximum absolute atomic E-state index is 11.1. The molecule has 5 nitrogen and oxygen atoms in total. The number of pyridine rings is 1. The second-order valence-corrected chi connectivity index (χ2v) is 3.53. The number of carbonyl (C=O) groups is 1. The van der Waals surface area contributed by atoms with Crippen LogP contribution in [0, 0.1) is 0 Å². The molecule has 6 heteroatoms. The number of methoxy groups -OCH3 is 1. The zero-order valence-electron chi connectivity index (χ0n) is 8.20. The van der Waals surface area contributed by atoms with E-state index in [0.29, 0.717) is 12.4 Å². The van der Waals surface area contributed by atoms with Crippen LogP contribution in [0.25, 0.3) is 0 Å². The van der Waals surface area contributed by atoms with Gasteiger partial charge in [0.1, 0.15) is 12.4 Å². The molecule has 1 N–H and O–H groups in total. The summed E-state index contributed by atoms with van der Waals surface area (Å²) in [7, 11) is 1.54. The van der Waals surface area contributed by atoms with Crippen molar-refractivity contribution < 1.29 is 14.3 Å². The van der Waals surface area contributed by atoms with Crippen LogP contribution in [-0.4, -0.2) is 31.4 Å². The van der Waals surface area contributed by atoms with Crippen molar-refractivity contribution in [3.05, 3.63) is 22.8 Å². The number of rotatable bonds is 4. The van der Waals surface area contributed by atoms with E-state index in [-0.39, 0.29) is 6.61 Å². The van der Waals surface area contributed by atoms with E-state index in [2.05, 4.69) is 26.2 Å². The minimum Gasteiger partial charge on any atom is -0.447 e. The van der Waals surface area contributed by atoms with Crippen LogP contribution in [0.2, 0.25) is 0 Å². The van der Waals surface area contributed by atoms with E-state index in [9.17, 15) is 4.79 Å². The molecule has 1 amide bonds. The van der Waals surface area contributed by atoms with Crippen LogP contribution in [0.1, 0.15) is 0 Å². The Bertz CT molecular complexity index is 316. The number of nitrogens with one attached hydrogen (secondary N) is 1.